The van der Waals surface area contributed by atoms with Crippen LogP contribution in [0.25, 0.3) is 0 Å². The second kappa shape index (κ2) is 15.9. The first-order valence-corrected chi connectivity index (χ1v) is 13.6. The highest BCUT2D eigenvalue weighted by molar-refractivity contribution is 5.95. The Labute approximate surface area is 225 Å². The molecule has 0 saturated heterocycles. The Hall–Kier alpha value is -3.23. The normalized spacial score (nSPS) is 15.3. The Bertz CT molecular complexity index is 1010. The van der Waals surface area contributed by atoms with Gasteiger partial charge in [-0.15, -0.1) is 0 Å². The van der Waals surface area contributed by atoms with Crippen LogP contribution < -0.4 is 16.1 Å². The van der Waals surface area contributed by atoms with Crippen molar-refractivity contribution >= 4 is 23.5 Å². The van der Waals surface area contributed by atoms with Crippen molar-refractivity contribution in [2.75, 3.05) is 26.1 Å². The van der Waals surface area contributed by atoms with Crippen LogP contribution >= 0.6 is 0 Å². The van der Waals surface area contributed by atoms with Crippen molar-refractivity contribution < 1.29 is 24.0 Å². The molecule has 1 fully saturated rings. The highest BCUT2D eigenvalue weighted by atomic mass is 16.6. The fraction of sp³-hybridized carbons (Fsp3) is 0.500. The Balaban J connectivity index is 1.67. The molecule has 2 aromatic rings. The zero-order valence-corrected chi connectivity index (χ0v) is 22.5. The fourth-order valence-electron chi connectivity index (χ4n) is 5.09. The molecule has 1 aliphatic carbocycles. The van der Waals surface area contributed by atoms with E-state index in [1.165, 1.54) is 39.0 Å². The quantitative estimate of drug-likeness (QED) is 0.246. The second-order valence-electron chi connectivity index (χ2n) is 10.1. The summed E-state index contributed by atoms with van der Waals surface area (Å²) in [5.41, 5.74) is 4.69. The van der Waals surface area contributed by atoms with E-state index in [0.29, 0.717) is 30.1 Å². The number of esters is 1. The van der Waals surface area contributed by atoms with Gasteiger partial charge in [0, 0.05) is 12.1 Å². The number of amides is 2. The molecule has 0 aliphatic heterocycles. The summed E-state index contributed by atoms with van der Waals surface area (Å²) in [7, 11) is 2.77. The zero-order chi connectivity index (χ0) is 27.2. The van der Waals surface area contributed by atoms with Crippen LogP contribution in [0.15, 0.2) is 54.6 Å². The van der Waals surface area contributed by atoms with Gasteiger partial charge in [-0.3, -0.25) is 14.4 Å². The van der Waals surface area contributed by atoms with Gasteiger partial charge in [-0.1, -0.05) is 62.4 Å². The highest BCUT2D eigenvalue weighted by Gasteiger charge is 2.26. The molecule has 0 spiro atoms. The number of hydrogen-bond acceptors (Lipinski definition) is 6. The smallest absolute Gasteiger partial charge is 0.337 e. The summed E-state index contributed by atoms with van der Waals surface area (Å²) < 4.78 is 4.75. The van der Waals surface area contributed by atoms with Gasteiger partial charge < -0.3 is 15.4 Å². The van der Waals surface area contributed by atoms with Crippen LogP contribution in [-0.2, 0) is 25.6 Å². The zero-order valence-electron chi connectivity index (χ0n) is 22.5. The molecule has 2 amide bonds. The molecule has 0 heterocycles. The fourth-order valence-corrected chi connectivity index (χ4v) is 5.09. The van der Waals surface area contributed by atoms with E-state index in [0.717, 1.165) is 32.1 Å². The minimum Gasteiger partial charge on any atom is -0.465 e. The Morgan fingerprint density at radius 2 is 1.66 bits per heavy atom. The number of rotatable bonds is 14. The third-order valence-electron chi connectivity index (χ3n) is 7.21. The first-order chi connectivity index (χ1) is 18.5. The number of hydrogen-bond donors (Lipinski definition) is 3. The van der Waals surface area contributed by atoms with Gasteiger partial charge in [0.15, 0.2) is 0 Å². The number of ether oxygens (including phenoxy) is 1. The van der Waals surface area contributed by atoms with Gasteiger partial charge in [0.25, 0.3) is 0 Å². The lowest BCUT2D eigenvalue weighted by Gasteiger charge is -2.28. The topological polar surface area (TPSA) is 106 Å². The highest BCUT2D eigenvalue weighted by Crippen LogP contribution is 2.28. The number of hydroxylamine groups is 1. The van der Waals surface area contributed by atoms with Crippen LogP contribution in [0.4, 0.5) is 5.69 Å². The van der Waals surface area contributed by atoms with E-state index in [1.807, 2.05) is 18.2 Å². The van der Waals surface area contributed by atoms with Crippen molar-refractivity contribution in [2.24, 2.45) is 11.8 Å². The lowest BCUT2D eigenvalue weighted by molar-refractivity contribution is -0.132. The number of nitrogens with one attached hydrogen (secondary N) is 3. The van der Waals surface area contributed by atoms with E-state index in [9.17, 15) is 14.4 Å². The van der Waals surface area contributed by atoms with Gasteiger partial charge in [0.1, 0.15) is 0 Å². The minimum atomic E-state index is -0.418. The molecular weight excluding hydrogens is 482 g/mol. The van der Waals surface area contributed by atoms with Crippen molar-refractivity contribution in [1.82, 2.24) is 10.8 Å². The number of carbonyl (C=O) groups excluding carboxylic acids is 3. The van der Waals surface area contributed by atoms with Crippen LogP contribution in [0.2, 0.25) is 0 Å². The molecule has 38 heavy (non-hydrogen) atoms. The minimum absolute atomic E-state index is 0.0337. The molecule has 2 aromatic carbocycles. The second-order valence-corrected chi connectivity index (χ2v) is 10.1. The molecule has 0 aromatic heterocycles. The average molecular weight is 524 g/mol. The van der Waals surface area contributed by atoms with Crippen molar-refractivity contribution in [3.05, 3.63) is 65.7 Å². The third kappa shape index (κ3) is 9.91. The van der Waals surface area contributed by atoms with Crippen molar-refractivity contribution in [1.29, 1.82) is 0 Å². The summed E-state index contributed by atoms with van der Waals surface area (Å²) in [6, 6.07) is 16.5. The van der Waals surface area contributed by atoms with Gasteiger partial charge in [0.05, 0.1) is 25.8 Å². The van der Waals surface area contributed by atoms with Gasteiger partial charge in [-0.05, 0) is 67.5 Å². The number of anilines is 1. The van der Waals surface area contributed by atoms with Crippen LogP contribution in [0.1, 0.15) is 67.3 Å². The van der Waals surface area contributed by atoms with E-state index < -0.39 is 5.97 Å². The van der Waals surface area contributed by atoms with Crippen LogP contribution in [0.5, 0.6) is 0 Å². The molecule has 2 unspecified atom stereocenters. The number of carbonyl (C=O) groups is 3. The van der Waals surface area contributed by atoms with Gasteiger partial charge >= 0.3 is 5.97 Å². The Kier molecular flexibility index (Phi) is 12.3. The molecule has 8 nitrogen and oxygen atoms in total. The third-order valence-corrected chi connectivity index (χ3v) is 7.21. The summed E-state index contributed by atoms with van der Waals surface area (Å²) in [6.45, 7) is 0.538. The van der Waals surface area contributed by atoms with E-state index in [4.69, 9.17) is 9.57 Å². The molecule has 206 valence electrons. The first-order valence-electron chi connectivity index (χ1n) is 13.6. The van der Waals surface area contributed by atoms with E-state index in [-0.39, 0.29) is 23.8 Å². The van der Waals surface area contributed by atoms with E-state index >= 15 is 0 Å². The molecule has 1 saturated carbocycles. The number of aryl methyl sites for hydroxylation is 1. The van der Waals surface area contributed by atoms with Crippen LogP contribution in [0.3, 0.4) is 0 Å². The lowest BCUT2D eigenvalue weighted by Crippen LogP contribution is -2.44. The molecule has 1 aliphatic rings. The van der Waals surface area contributed by atoms with E-state index in [1.54, 1.807) is 24.3 Å². The number of benzene rings is 2. The molecule has 3 rings (SSSR count). The van der Waals surface area contributed by atoms with Crippen molar-refractivity contribution in [2.45, 2.75) is 63.8 Å². The molecule has 0 radical (unpaired) electrons. The maximum absolute atomic E-state index is 13.4. The van der Waals surface area contributed by atoms with Gasteiger partial charge in [0.2, 0.25) is 11.8 Å². The Morgan fingerprint density at radius 1 is 0.947 bits per heavy atom. The average Bonchev–Trinajstić information content (AvgIpc) is 2.94. The SMILES string of the molecule is CONC(=O)CC(CCc1ccccc1)CNC(CC1CCCCC1)C(=O)Nc1ccc(C(=O)OC)cc1. The molecule has 2 atom stereocenters. The summed E-state index contributed by atoms with van der Waals surface area (Å²) in [5, 5.41) is 6.51. The van der Waals surface area contributed by atoms with Gasteiger partial charge in [-0.25, -0.2) is 10.3 Å². The largest absolute Gasteiger partial charge is 0.465 e. The maximum atomic E-state index is 13.4. The number of methoxy groups -OCH3 is 1. The van der Waals surface area contributed by atoms with E-state index in [2.05, 4.69) is 28.2 Å². The predicted molar refractivity (Wildman–Crippen MR) is 147 cm³/mol. The summed E-state index contributed by atoms with van der Waals surface area (Å²) in [6.07, 6.45) is 8.63. The van der Waals surface area contributed by atoms with Crippen LogP contribution in [-0.4, -0.2) is 44.6 Å². The first kappa shape index (κ1) is 29.3. The standard InChI is InChI=1S/C30H41N3O5/c1-37-30(36)25-15-17-26(18-16-25)32-29(35)27(19-23-11-7-4-8-12-23)31-21-24(20-28(34)33-38-2)14-13-22-9-5-3-6-10-22/h3,5-6,9-10,15-18,23-24,27,31H,4,7-8,11-14,19-21H2,1-2H3,(H,32,35)(H,33,34). The summed E-state index contributed by atoms with van der Waals surface area (Å²) in [4.78, 5) is 42.3. The monoisotopic (exact) mass is 523 g/mol. The predicted octanol–water partition coefficient (Wildman–Crippen LogP) is 4.66. The molecule has 3 N–H and O–H groups in total. The Morgan fingerprint density at radius 3 is 2.32 bits per heavy atom. The summed E-state index contributed by atoms with van der Waals surface area (Å²) in [5.74, 6) is -0.172. The van der Waals surface area contributed by atoms with Crippen LogP contribution in [0, 0.1) is 11.8 Å². The molecular formula is C30H41N3O5. The molecule has 0 bridgehead atoms. The lowest BCUT2D eigenvalue weighted by atomic mass is 9.84. The van der Waals surface area contributed by atoms with Crippen molar-refractivity contribution in [3.63, 3.8) is 0 Å². The molecule has 8 heteroatoms. The van der Waals surface area contributed by atoms with Gasteiger partial charge in [-0.2, -0.15) is 0 Å². The van der Waals surface area contributed by atoms with Crippen molar-refractivity contribution in [3.8, 4) is 0 Å². The summed E-state index contributed by atoms with van der Waals surface area (Å²) >= 11 is 0. The maximum Gasteiger partial charge on any atom is 0.337 e.